The average molecular weight is 344 g/mol. The Kier molecular flexibility index (Phi) is 3.74. The molecular weight excluding hydrogens is 327 g/mol. The number of H-pyrrole nitrogens is 1. The Morgan fingerprint density at radius 1 is 1.28 bits per heavy atom. The molecule has 2 atom stereocenters. The predicted octanol–water partition coefficient (Wildman–Crippen LogP) is 3.23. The van der Waals surface area contributed by atoms with E-state index in [1.807, 2.05) is 13.8 Å². The van der Waals surface area contributed by atoms with Crippen LogP contribution in [0.1, 0.15) is 29.8 Å². The van der Waals surface area contributed by atoms with Crippen LogP contribution < -0.4 is 0 Å². The largest absolute Gasteiger partial charge is 0.480 e. The van der Waals surface area contributed by atoms with E-state index in [-0.39, 0.29) is 11.3 Å². The number of pyridine rings is 1. The quantitative estimate of drug-likeness (QED) is 0.793. The standard InChI is InChI=1S/C18H17FN2O4/c1-8-9(2)21-14-10(8)6-7-20-15(14)13-11(16(22)23)4-5-12(19)18(13,3)17(24)25/h4-7,13,21H,1-3H3,(H,22,23)(H,24,25). The Morgan fingerprint density at radius 3 is 2.56 bits per heavy atom. The highest BCUT2D eigenvalue weighted by Crippen LogP contribution is 2.50. The second-order valence-electron chi connectivity index (χ2n) is 6.38. The first kappa shape index (κ1) is 16.9. The number of aliphatic carboxylic acids is 2. The van der Waals surface area contributed by atoms with Gasteiger partial charge in [0.15, 0.2) is 0 Å². The fourth-order valence-electron chi connectivity index (χ4n) is 3.35. The molecular formula is C18H17FN2O4. The molecule has 0 saturated heterocycles. The summed E-state index contributed by atoms with van der Waals surface area (Å²) < 4.78 is 14.5. The van der Waals surface area contributed by atoms with E-state index in [0.29, 0.717) is 5.52 Å². The Bertz CT molecular complexity index is 973. The zero-order chi connectivity index (χ0) is 18.5. The summed E-state index contributed by atoms with van der Waals surface area (Å²) in [6, 6.07) is 1.76. The Hall–Kier alpha value is -2.96. The van der Waals surface area contributed by atoms with Crippen LogP contribution in [0.15, 0.2) is 35.8 Å². The number of nitrogens with one attached hydrogen (secondary N) is 1. The average Bonchev–Trinajstić information content (AvgIpc) is 2.84. The fraction of sp³-hybridized carbons (Fsp3) is 0.278. The second-order valence-corrected chi connectivity index (χ2v) is 6.38. The van der Waals surface area contributed by atoms with E-state index in [9.17, 15) is 24.2 Å². The summed E-state index contributed by atoms with van der Waals surface area (Å²) in [6.07, 6.45) is 3.49. The van der Waals surface area contributed by atoms with E-state index in [1.54, 1.807) is 6.07 Å². The molecule has 1 aliphatic rings. The lowest BCUT2D eigenvalue weighted by Crippen LogP contribution is -2.39. The van der Waals surface area contributed by atoms with Crippen LogP contribution in [0.5, 0.6) is 0 Å². The number of rotatable bonds is 3. The normalized spacial score (nSPS) is 23.3. The monoisotopic (exact) mass is 344 g/mol. The summed E-state index contributed by atoms with van der Waals surface area (Å²) in [5, 5.41) is 20.0. The summed E-state index contributed by atoms with van der Waals surface area (Å²) in [6.45, 7) is 4.93. The first-order chi connectivity index (χ1) is 11.7. The van der Waals surface area contributed by atoms with Gasteiger partial charge in [-0.25, -0.2) is 9.18 Å². The zero-order valence-corrected chi connectivity index (χ0v) is 13.9. The van der Waals surface area contributed by atoms with Gasteiger partial charge < -0.3 is 15.2 Å². The highest BCUT2D eigenvalue weighted by atomic mass is 19.1. The van der Waals surface area contributed by atoms with Crippen molar-refractivity contribution in [1.82, 2.24) is 9.97 Å². The van der Waals surface area contributed by atoms with E-state index in [4.69, 9.17) is 0 Å². The smallest absolute Gasteiger partial charge is 0.332 e. The van der Waals surface area contributed by atoms with Crippen LogP contribution in [0.25, 0.3) is 10.9 Å². The molecule has 2 unspecified atom stereocenters. The van der Waals surface area contributed by atoms with Gasteiger partial charge in [0.05, 0.1) is 17.1 Å². The van der Waals surface area contributed by atoms with Crippen molar-refractivity contribution in [2.45, 2.75) is 26.7 Å². The number of fused-ring (bicyclic) bond motifs is 1. The minimum atomic E-state index is -2.06. The summed E-state index contributed by atoms with van der Waals surface area (Å²) in [5.74, 6) is -4.93. The van der Waals surface area contributed by atoms with Crippen LogP contribution in [0.2, 0.25) is 0 Å². The van der Waals surface area contributed by atoms with Gasteiger partial charge >= 0.3 is 11.9 Å². The van der Waals surface area contributed by atoms with Crippen LogP contribution in [0.3, 0.4) is 0 Å². The highest BCUT2D eigenvalue weighted by Gasteiger charge is 2.52. The molecule has 0 bridgehead atoms. The van der Waals surface area contributed by atoms with Gasteiger partial charge in [0.25, 0.3) is 0 Å². The van der Waals surface area contributed by atoms with Gasteiger partial charge in [-0.3, -0.25) is 9.78 Å². The minimum absolute atomic E-state index is 0.204. The van der Waals surface area contributed by atoms with Crippen LogP contribution >= 0.6 is 0 Å². The number of carboxylic acid groups (broad SMARTS) is 2. The van der Waals surface area contributed by atoms with E-state index in [1.165, 1.54) is 13.1 Å². The van der Waals surface area contributed by atoms with Crippen molar-refractivity contribution in [1.29, 1.82) is 0 Å². The lowest BCUT2D eigenvalue weighted by atomic mass is 9.67. The van der Waals surface area contributed by atoms with E-state index in [0.717, 1.165) is 28.8 Å². The molecule has 0 amide bonds. The fourth-order valence-corrected chi connectivity index (χ4v) is 3.35. The van der Waals surface area contributed by atoms with Crippen molar-refractivity contribution in [3.05, 3.63) is 52.8 Å². The van der Waals surface area contributed by atoms with E-state index >= 15 is 0 Å². The van der Waals surface area contributed by atoms with Crippen LogP contribution in [-0.4, -0.2) is 32.1 Å². The van der Waals surface area contributed by atoms with Gasteiger partial charge in [0.1, 0.15) is 11.2 Å². The number of halogens is 1. The van der Waals surface area contributed by atoms with E-state index in [2.05, 4.69) is 9.97 Å². The molecule has 1 aliphatic carbocycles. The molecule has 2 heterocycles. The zero-order valence-electron chi connectivity index (χ0n) is 13.9. The number of carbonyl (C=O) groups is 2. The van der Waals surface area contributed by atoms with Gasteiger partial charge in [-0.1, -0.05) is 0 Å². The molecule has 3 rings (SSSR count). The predicted molar refractivity (Wildman–Crippen MR) is 89.0 cm³/mol. The van der Waals surface area contributed by atoms with Crippen molar-refractivity contribution >= 4 is 22.8 Å². The van der Waals surface area contributed by atoms with Gasteiger partial charge in [-0.05, 0) is 44.6 Å². The van der Waals surface area contributed by atoms with Crippen LogP contribution in [-0.2, 0) is 9.59 Å². The van der Waals surface area contributed by atoms with Crippen molar-refractivity contribution in [2.24, 2.45) is 5.41 Å². The number of hydrogen-bond acceptors (Lipinski definition) is 3. The topological polar surface area (TPSA) is 103 Å². The summed E-state index contributed by atoms with van der Waals surface area (Å²) >= 11 is 0. The summed E-state index contributed by atoms with van der Waals surface area (Å²) in [5.41, 5.74) is 0.261. The maximum Gasteiger partial charge on any atom is 0.332 e. The highest BCUT2D eigenvalue weighted by molar-refractivity contribution is 5.96. The molecule has 130 valence electrons. The third kappa shape index (κ3) is 2.26. The number of aryl methyl sites for hydroxylation is 2. The molecule has 0 fully saturated rings. The van der Waals surface area contributed by atoms with Gasteiger partial charge in [-0.2, -0.15) is 0 Å². The van der Waals surface area contributed by atoms with Gasteiger partial charge in [0.2, 0.25) is 0 Å². The van der Waals surface area contributed by atoms with Gasteiger partial charge in [0, 0.05) is 22.9 Å². The molecule has 0 aliphatic heterocycles. The molecule has 2 aromatic rings. The number of carboxylic acids is 2. The minimum Gasteiger partial charge on any atom is -0.480 e. The molecule has 2 aromatic heterocycles. The Balaban J connectivity index is 2.37. The number of aromatic amines is 1. The van der Waals surface area contributed by atoms with Crippen LogP contribution in [0, 0.1) is 19.3 Å². The van der Waals surface area contributed by atoms with Crippen molar-refractivity contribution in [2.75, 3.05) is 0 Å². The molecule has 7 heteroatoms. The molecule has 6 nitrogen and oxygen atoms in total. The first-order valence-electron chi connectivity index (χ1n) is 7.67. The number of hydrogen-bond donors (Lipinski definition) is 3. The first-order valence-corrected chi connectivity index (χ1v) is 7.67. The third-order valence-electron chi connectivity index (χ3n) is 5.02. The van der Waals surface area contributed by atoms with E-state index < -0.39 is 29.1 Å². The maximum absolute atomic E-state index is 14.5. The lowest BCUT2D eigenvalue weighted by molar-refractivity contribution is -0.147. The SMILES string of the molecule is Cc1[nH]c2c(C3C(C(=O)O)=CC=C(F)C3(C)C(=O)O)nccc2c1C. The molecule has 0 spiro atoms. The maximum atomic E-state index is 14.5. The van der Waals surface area contributed by atoms with Crippen molar-refractivity contribution in [3.8, 4) is 0 Å². The summed E-state index contributed by atoms with van der Waals surface area (Å²) in [7, 11) is 0. The third-order valence-corrected chi connectivity index (χ3v) is 5.02. The molecule has 0 radical (unpaired) electrons. The number of aromatic nitrogens is 2. The molecule has 0 aromatic carbocycles. The molecule has 0 saturated carbocycles. The van der Waals surface area contributed by atoms with Crippen molar-refractivity contribution < 1.29 is 24.2 Å². The lowest BCUT2D eigenvalue weighted by Gasteiger charge is -2.35. The number of allylic oxidation sites excluding steroid dienone is 2. The van der Waals surface area contributed by atoms with Gasteiger partial charge in [-0.15, -0.1) is 0 Å². The number of nitrogens with zero attached hydrogens (tertiary/aromatic N) is 1. The Morgan fingerprint density at radius 2 is 1.96 bits per heavy atom. The second kappa shape index (κ2) is 5.54. The molecule has 25 heavy (non-hydrogen) atoms. The van der Waals surface area contributed by atoms with Crippen molar-refractivity contribution in [3.63, 3.8) is 0 Å². The Labute approximate surface area is 142 Å². The summed E-state index contributed by atoms with van der Waals surface area (Å²) in [4.78, 5) is 31.0. The van der Waals surface area contributed by atoms with Crippen LogP contribution in [0.4, 0.5) is 4.39 Å². The molecule has 3 N–H and O–H groups in total.